The van der Waals surface area contributed by atoms with E-state index in [4.69, 9.17) is 11.6 Å². The average molecular weight is 330 g/mol. The van der Waals surface area contributed by atoms with Gasteiger partial charge in [-0.1, -0.05) is 27.5 Å². The predicted molar refractivity (Wildman–Crippen MR) is 76.4 cm³/mol. The van der Waals surface area contributed by atoms with Crippen molar-refractivity contribution in [3.05, 3.63) is 54.6 Å². The summed E-state index contributed by atoms with van der Waals surface area (Å²) in [4.78, 5) is 14.5. The van der Waals surface area contributed by atoms with E-state index in [1.807, 2.05) is 26.0 Å². The molecule has 4 heteroatoms. The Morgan fingerprint density at radius 3 is 2.53 bits per heavy atom. The third kappa shape index (κ3) is 2.62. The molecule has 1 nitrogen and oxygen atoms in total. The first-order valence-electron chi connectivity index (χ1n) is 5.06. The second kappa shape index (κ2) is 4.92. The van der Waals surface area contributed by atoms with Gasteiger partial charge >= 0.3 is 0 Å². The monoisotopic (exact) mass is 328 g/mol. The van der Waals surface area contributed by atoms with Crippen LogP contribution in [-0.2, 0) is 0 Å². The Labute approximate surface area is 118 Å². The van der Waals surface area contributed by atoms with Crippen molar-refractivity contribution in [2.75, 3.05) is 0 Å². The Bertz CT molecular complexity index is 589. The summed E-state index contributed by atoms with van der Waals surface area (Å²) in [6.45, 7) is 3.95. The Kier molecular flexibility index (Phi) is 3.71. The van der Waals surface area contributed by atoms with Gasteiger partial charge in [0.05, 0.1) is 5.02 Å². The zero-order chi connectivity index (χ0) is 12.6. The van der Waals surface area contributed by atoms with E-state index in [0.29, 0.717) is 10.6 Å². The maximum absolute atomic E-state index is 12.4. The van der Waals surface area contributed by atoms with Crippen molar-refractivity contribution < 1.29 is 4.79 Å². The van der Waals surface area contributed by atoms with Crippen molar-refractivity contribution in [2.24, 2.45) is 0 Å². The van der Waals surface area contributed by atoms with E-state index >= 15 is 0 Å². The molecule has 0 fully saturated rings. The highest BCUT2D eigenvalue weighted by Gasteiger charge is 2.17. The van der Waals surface area contributed by atoms with Crippen LogP contribution in [0, 0.1) is 13.8 Å². The number of carbonyl (C=O) groups excluding carboxylic acids is 1. The van der Waals surface area contributed by atoms with Crippen molar-refractivity contribution in [3.8, 4) is 0 Å². The summed E-state index contributed by atoms with van der Waals surface area (Å²) in [6.07, 6.45) is 0. The van der Waals surface area contributed by atoms with Gasteiger partial charge in [0.2, 0.25) is 0 Å². The molecule has 0 aliphatic carbocycles. The lowest BCUT2D eigenvalue weighted by atomic mass is 10.0. The molecule has 0 unspecified atom stereocenters. The SMILES string of the molecule is Cc1cc(C(=O)c2cc(Br)ccc2Cl)c(C)s1. The van der Waals surface area contributed by atoms with Gasteiger partial charge in [0.25, 0.3) is 0 Å². The number of thiophene rings is 1. The molecule has 2 rings (SSSR count). The fraction of sp³-hybridized carbons (Fsp3) is 0.154. The molecule has 2 aromatic rings. The molecule has 1 aromatic heterocycles. The van der Waals surface area contributed by atoms with E-state index in [1.54, 1.807) is 23.5 Å². The van der Waals surface area contributed by atoms with Crippen LogP contribution in [0.1, 0.15) is 25.7 Å². The predicted octanol–water partition coefficient (Wildman–Crippen LogP) is 5.01. The van der Waals surface area contributed by atoms with Crippen LogP contribution in [0.15, 0.2) is 28.7 Å². The maximum atomic E-state index is 12.4. The number of rotatable bonds is 2. The number of hydrogen-bond acceptors (Lipinski definition) is 2. The molecule has 1 heterocycles. The summed E-state index contributed by atoms with van der Waals surface area (Å²) in [7, 11) is 0. The third-order valence-corrected chi connectivity index (χ3v) is 4.25. The summed E-state index contributed by atoms with van der Waals surface area (Å²) in [5.41, 5.74) is 1.29. The minimum absolute atomic E-state index is 0.0156. The van der Waals surface area contributed by atoms with Gasteiger partial charge in [-0.3, -0.25) is 4.79 Å². The summed E-state index contributed by atoms with van der Waals surface area (Å²) in [6, 6.07) is 7.23. The lowest BCUT2D eigenvalue weighted by molar-refractivity contribution is 0.103. The van der Waals surface area contributed by atoms with Crippen LogP contribution in [0.2, 0.25) is 5.02 Å². The van der Waals surface area contributed by atoms with Gasteiger partial charge in [-0.15, -0.1) is 11.3 Å². The molecular formula is C13H10BrClOS. The minimum atomic E-state index is -0.0156. The quantitative estimate of drug-likeness (QED) is 0.708. The van der Waals surface area contributed by atoms with Gasteiger partial charge in [-0.25, -0.2) is 0 Å². The summed E-state index contributed by atoms with van der Waals surface area (Å²) >= 11 is 11.0. The second-order valence-electron chi connectivity index (χ2n) is 3.78. The molecule has 0 saturated carbocycles. The van der Waals surface area contributed by atoms with Crippen molar-refractivity contribution >= 4 is 44.7 Å². The standard InChI is InChI=1S/C13H10BrClOS/c1-7-5-10(8(2)17-7)13(16)11-6-9(14)3-4-12(11)15/h3-6H,1-2H3. The van der Waals surface area contributed by atoms with Crippen molar-refractivity contribution in [1.82, 2.24) is 0 Å². The molecule has 0 N–H and O–H groups in total. The van der Waals surface area contributed by atoms with E-state index in [2.05, 4.69) is 15.9 Å². The molecule has 17 heavy (non-hydrogen) atoms. The zero-order valence-corrected chi connectivity index (χ0v) is 12.5. The van der Waals surface area contributed by atoms with Gasteiger partial charge in [0.15, 0.2) is 5.78 Å². The number of ketones is 1. The maximum Gasteiger partial charge on any atom is 0.195 e. The van der Waals surface area contributed by atoms with Crippen LogP contribution < -0.4 is 0 Å². The molecular weight excluding hydrogens is 320 g/mol. The van der Waals surface area contributed by atoms with Crippen LogP contribution >= 0.6 is 38.9 Å². The summed E-state index contributed by atoms with van der Waals surface area (Å²) < 4.78 is 0.856. The fourth-order valence-corrected chi connectivity index (χ4v) is 3.16. The third-order valence-electron chi connectivity index (χ3n) is 2.46. The number of carbonyl (C=O) groups is 1. The molecule has 0 radical (unpaired) electrons. The first-order valence-corrected chi connectivity index (χ1v) is 7.04. The highest BCUT2D eigenvalue weighted by Crippen LogP contribution is 2.28. The van der Waals surface area contributed by atoms with E-state index in [9.17, 15) is 4.79 Å². The molecule has 0 aliphatic rings. The van der Waals surface area contributed by atoms with Gasteiger partial charge in [0, 0.05) is 25.4 Å². The number of aryl methyl sites for hydroxylation is 2. The van der Waals surface area contributed by atoms with Crippen molar-refractivity contribution in [2.45, 2.75) is 13.8 Å². The average Bonchev–Trinajstić information content (AvgIpc) is 2.60. The van der Waals surface area contributed by atoms with Crippen LogP contribution in [0.25, 0.3) is 0 Å². The Morgan fingerprint density at radius 2 is 1.94 bits per heavy atom. The Morgan fingerprint density at radius 1 is 1.24 bits per heavy atom. The van der Waals surface area contributed by atoms with Gasteiger partial charge < -0.3 is 0 Å². The van der Waals surface area contributed by atoms with E-state index in [0.717, 1.165) is 19.8 Å². The lowest BCUT2D eigenvalue weighted by Crippen LogP contribution is -2.02. The number of hydrogen-bond donors (Lipinski definition) is 0. The van der Waals surface area contributed by atoms with E-state index in [1.165, 1.54) is 0 Å². The highest BCUT2D eigenvalue weighted by atomic mass is 79.9. The van der Waals surface area contributed by atoms with Gasteiger partial charge in [-0.2, -0.15) is 0 Å². The number of halogens is 2. The van der Waals surface area contributed by atoms with E-state index in [-0.39, 0.29) is 5.78 Å². The van der Waals surface area contributed by atoms with Crippen molar-refractivity contribution in [3.63, 3.8) is 0 Å². The largest absolute Gasteiger partial charge is 0.289 e. The molecule has 1 aromatic carbocycles. The van der Waals surface area contributed by atoms with Gasteiger partial charge in [0.1, 0.15) is 0 Å². The molecule has 0 aliphatic heterocycles. The summed E-state index contributed by atoms with van der Waals surface area (Å²) in [5.74, 6) is -0.0156. The molecule has 0 spiro atoms. The lowest BCUT2D eigenvalue weighted by Gasteiger charge is -2.03. The number of benzene rings is 1. The highest BCUT2D eigenvalue weighted by molar-refractivity contribution is 9.10. The van der Waals surface area contributed by atoms with Crippen LogP contribution in [0.4, 0.5) is 0 Å². The molecule has 0 amide bonds. The van der Waals surface area contributed by atoms with Crippen LogP contribution in [0.5, 0.6) is 0 Å². The second-order valence-corrected chi connectivity index (χ2v) is 6.56. The summed E-state index contributed by atoms with van der Waals surface area (Å²) in [5, 5.41) is 0.487. The van der Waals surface area contributed by atoms with Crippen LogP contribution in [0.3, 0.4) is 0 Å². The first-order chi connectivity index (χ1) is 7.99. The normalized spacial score (nSPS) is 10.6. The molecule has 0 saturated heterocycles. The Hall–Kier alpha value is -0.640. The topological polar surface area (TPSA) is 17.1 Å². The molecule has 88 valence electrons. The van der Waals surface area contributed by atoms with Gasteiger partial charge in [-0.05, 0) is 38.1 Å². The zero-order valence-electron chi connectivity index (χ0n) is 9.38. The Balaban J connectivity index is 2.50. The first kappa shape index (κ1) is 12.8. The van der Waals surface area contributed by atoms with E-state index < -0.39 is 0 Å². The fourth-order valence-electron chi connectivity index (χ4n) is 1.67. The molecule has 0 atom stereocenters. The smallest absolute Gasteiger partial charge is 0.195 e. The van der Waals surface area contributed by atoms with Crippen molar-refractivity contribution in [1.29, 1.82) is 0 Å². The minimum Gasteiger partial charge on any atom is -0.289 e. The van der Waals surface area contributed by atoms with Crippen LogP contribution in [-0.4, -0.2) is 5.78 Å². The molecule has 0 bridgehead atoms.